The number of nitrogens with two attached hydrogens (primary N) is 1. The Morgan fingerprint density at radius 1 is 1.27 bits per heavy atom. The van der Waals surface area contributed by atoms with Crippen molar-refractivity contribution in [2.45, 2.75) is 26.3 Å². The van der Waals surface area contributed by atoms with Gasteiger partial charge in [-0.1, -0.05) is 0 Å². The number of amides is 2. The summed E-state index contributed by atoms with van der Waals surface area (Å²) in [5.74, 6) is -0.0503. The molecule has 0 radical (unpaired) electrons. The van der Waals surface area contributed by atoms with E-state index >= 15 is 0 Å². The Hall–Kier alpha value is -3.15. The molecule has 0 aromatic carbocycles. The minimum absolute atomic E-state index is 0.0520. The van der Waals surface area contributed by atoms with Crippen LogP contribution in [0.4, 0.5) is 5.69 Å². The van der Waals surface area contributed by atoms with Crippen LogP contribution in [0, 0.1) is 5.92 Å². The number of nitrogens with one attached hydrogen (secondary N) is 2. The third kappa shape index (κ3) is 5.10. The van der Waals surface area contributed by atoms with E-state index in [2.05, 4.69) is 20.7 Å². The molecule has 176 valence electrons. The normalized spacial score (nSPS) is 18.4. The smallest absolute Gasteiger partial charge is 0.254 e. The lowest BCUT2D eigenvalue weighted by atomic mass is 10.1. The Morgan fingerprint density at radius 2 is 2.06 bits per heavy atom. The molecule has 1 fully saturated rings. The second-order valence-corrected chi connectivity index (χ2v) is 11.0. The van der Waals surface area contributed by atoms with E-state index in [0.717, 1.165) is 0 Å². The van der Waals surface area contributed by atoms with Gasteiger partial charge in [0.05, 0.1) is 39.9 Å². The van der Waals surface area contributed by atoms with Crippen LogP contribution in [0.3, 0.4) is 0 Å². The molecule has 33 heavy (non-hydrogen) atoms. The van der Waals surface area contributed by atoms with Crippen molar-refractivity contribution in [2.75, 3.05) is 23.4 Å². The lowest BCUT2D eigenvalue weighted by molar-refractivity contribution is 0.0947. The molecule has 6 N–H and O–H groups in total. The van der Waals surface area contributed by atoms with Crippen molar-refractivity contribution in [2.24, 2.45) is 11.7 Å². The Kier molecular flexibility index (Phi) is 6.28. The van der Waals surface area contributed by atoms with Crippen molar-refractivity contribution in [3.8, 4) is 11.4 Å². The van der Waals surface area contributed by atoms with Gasteiger partial charge in [0.25, 0.3) is 5.91 Å². The van der Waals surface area contributed by atoms with Gasteiger partial charge >= 0.3 is 0 Å². The first kappa shape index (κ1) is 23.0. The molecule has 1 unspecified atom stereocenters. The number of hydrogen-bond donors (Lipinski definition) is 5. The number of primary amides is 1. The highest BCUT2D eigenvalue weighted by atomic mass is 32.3. The summed E-state index contributed by atoms with van der Waals surface area (Å²) < 4.78 is 21.3. The molecule has 3 aromatic rings. The van der Waals surface area contributed by atoms with Crippen LogP contribution in [0.2, 0.25) is 0 Å². The molecule has 0 spiro atoms. The molecule has 4 rings (SSSR count). The molecule has 11 heteroatoms. The molecule has 1 atom stereocenters. The van der Waals surface area contributed by atoms with Gasteiger partial charge in [0.15, 0.2) is 0 Å². The number of nitrogens with zero attached hydrogens (tertiary/aromatic N) is 3. The number of pyridine rings is 1. The van der Waals surface area contributed by atoms with Crippen molar-refractivity contribution in [1.82, 2.24) is 19.9 Å². The van der Waals surface area contributed by atoms with E-state index in [9.17, 15) is 18.7 Å². The monoisotopic (exact) mass is 472 g/mol. The van der Waals surface area contributed by atoms with Gasteiger partial charge in [0.1, 0.15) is 0 Å². The standard InChI is InChI=1S/C22H28N6O4S/c1-13(2)27-18-8-19(20-4-3-16-7-15(21(23)29)10-26-28(16)20)24-11-17(18)22(30)25-9-14-5-6-33(31,32)12-14/h3-4,7-8,10-11,13-14,31-32H,5-6,9,12H2,1-2H3,(H2,23,29)(H,24,27)(H,25,30). The fourth-order valence-corrected chi connectivity index (χ4v) is 5.84. The summed E-state index contributed by atoms with van der Waals surface area (Å²) in [4.78, 5) is 28.8. The Labute approximate surface area is 192 Å². The number of anilines is 1. The summed E-state index contributed by atoms with van der Waals surface area (Å²) in [5.41, 5.74) is 8.71. The third-order valence-corrected chi connectivity index (χ3v) is 7.44. The molecule has 0 bridgehead atoms. The fraction of sp³-hybridized carbons (Fsp3) is 0.364. The largest absolute Gasteiger partial charge is 0.382 e. The average Bonchev–Trinajstić information content (AvgIpc) is 3.33. The van der Waals surface area contributed by atoms with Crippen molar-refractivity contribution in [3.63, 3.8) is 0 Å². The van der Waals surface area contributed by atoms with Crippen molar-refractivity contribution in [1.29, 1.82) is 0 Å². The van der Waals surface area contributed by atoms with Gasteiger partial charge < -0.3 is 16.4 Å². The number of fused-ring (bicyclic) bond motifs is 1. The molecule has 10 nitrogen and oxygen atoms in total. The number of hydrogen-bond acceptors (Lipinski definition) is 7. The first-order valence-electron chi connectivity index (χ1n) is 10.7. The highest BCUT2D eigenvalue weighted by Gasteiger charge is 2.28. The molecule has 1 aliphatic heterocycles. The zero-order chi connectivity index (χ0) is 23.8. The zero-order valence-corrected chi connectivity index (χ0v) is 19.3. The first-order valence-corrected chi connectivity index (χ1v) is 12.6. The van der Waals surface area contributed by atoms with Crippen molar-refractivity contribution in [3.05, 3.63) is 47.8 Å². The van der Waals surface area contributed by atoms with Crippen LogP contribution in [0.25, 0.3) is 16.9 Å². The summed E-state index contributed by atoms with van der Waals surface area (Å²) in [7, 11) is -2.50. The first-order chi connectivity index (χ1) is 15.6. The predicted molar refractivity (Wildman–Crippen MR) is 129 cm³/mol. The summed E-state index contributed by atoms with van der Waals surface area (Å²) in [6.07, 6.45) is 3.61. The zero-order valence-electron chi connectivity index (χ0n) is 18.5. The van der Waals surface area contributed by atoms with E-state index in [4.69, 9.17) is 5.73 Å². The van der Waals surface area contributed by atoms with Gasteiger partial charge in [-0.3, -0.25) is 23.7 Å². The summed E-state index contributed by atoms with van der Waals surface area (Å²) in [6.45, 7) is 4.34. The summed E-state index contributed by atoms with van der Waals surface area (Å²) in [6, 6.07) is 7.19. The van der Waals surface area contributed by atoms with E-state index in [0.29, 0.717) is 58.2 Å². The molecule has 4 heterocycles. The third-order valence-electron chi connectivity index (χ3n) is 5.55. The van der Waals surface area contributed by atoms with Gasteiger partial charge in [-0.05, 0) is 50.5 Å². The molecular formula is C22H28N6O4S. The lowest BCUT2D eigenvalue weighted by Crippen LogP contribution is -2.30. The van der Waals surface area contributed by atoms with Crippen LogP contribution in [-0.2, 0) is 0 Å². The summed E-state index contributed by atoms with van der Waals surface area (Å²) >= 11 is 0. The number of rotatable bonds is 7. The quantitative estimate of drug-likeness (QED) is 0.354. The Bertz CT molecular complexity index is 1210. The second-order valence-electron chi connectivity index (χ2n) is 8.62. The molecule has 1 saturated heterocycles. The van der Waals surface area contributed by atoms with Gasteiger partial charge in [-0.25, -0.2) is 4.52 Å². The van der Waals surface area contributed by atoms with Crippen LogP contribution in [-0.4, -0.2) is 59.6 Å². The van der Waals surface area contributed by atoms with Crippen LogP contribution in [0.15, 0.2) is 36.7 Å². The molecule has 2 amide bonds. The highest BCUT2D eigenvalue weighted by molar-refractivity contribution is 8.24. The van der Waals surface area contributed by atoms with Gasteiger partial charge in [0, 0.05) is 30.3 Å². The van der Waals surface area contributed by atoms with E-state index < -0.39 is 16.5 Å². The Morgan fingerprint density at radius 3 is 2.73 bits per heavy atom. The minimum atomic E-state index is -2.50. The maximum atomic E-state index is 12.9. The van der Waals surface area contributed by atoms with Crippen molar-refractivity contribution < 1.29 is 18.7 Å². The van der Waals surface area contributed by atoms with Gasteiger partial charge in [0.2, 0.25) is 5.91 Å². The molecule has 0 saturated carbocycles. The minimum Gasteiger partial charge on any atom is -0.382 e. The van der Waals surface area contributed by atoms with E-state index in [1.165, 1.54) is 12.4 Å². The highest BCUT2D eigenvalue weighted by Crippen LogP contribution is 2.48. The lowest BCUT2D eigenvalue weighted by Gasteiger charge is -2.26. The van der Waals surface area contributed by atoms with E-state index in [1.54, 1.807) is 16.6 Å². The van der Waals surface area contributed by atoms with Gasteiger partial charge in [-0.2, -0.15) is 15.7 Å². The number of carbonyl (C=O) groups is 2. The number of carbonyl (C=O) groups excluding carboxylic acids is 2. The van der Waals surface area contributed by atoms with Crippen LogP contribution < -0.4 is 16.4 Å². The average molecular weight is 473 g/mol. The van der Waals surface area contributed by atoms with Crippen LogP contribution in [0.1, 0.15) is 41.0 Å². The fourth-order valence-electron chi connectivity index (χ4n) is 3.93. The molecule has 1 aliphatic rings. The maximum Gasteiger partial charge on any atom is 0.254 e. The SMILES string of the molecule is CC(C)Nc1cc(-c2ccc3cc(C(N)=O)cnn23)ncc1C(=O)NCC1CCS(O)(O)C1. The number of aromatic nitrogens is 3. The topological polar surface area (TPSA) is 155 Å². The maximum absolute atomic E-state index is 12.9. The van der Waals surface area contributed by atoms with Gasteiger partial charge in [-0.15, -0.1) is 0 Å². The summed E-state index contributed by atoms with van der Waals surface area (Å²) in [5, 5.41) is 10.5. The molecule has 3 aromatic heterocycles. The molecule has 0 aliphatic carbocycles. The van der Waals surface area contributed by atoms with E-state index in [1.807, 2.05) is 26.0 Å². The van der Waals surface area contributed by atoms with E-state index in [-0.39, 0.29) is 17.9 Å². The Balaban J connectivity index is 1.60. The predicted octanol–water partition coefficient (Wildman–Crippen LogP) is 2.82. The van der Waals surface area contributed by atoms with Crippen LogP contribution >= 0.6 is 10.6 Å². The molecular weight excluding hydrogens is 444 g/mol. The second kappa shape index (κ2) is 9.00. The van der Waals surface area contributed by atoms with Crippen LogP contribution in [0.5, 0.6) is 0 Å². The van der Waals surface area contributed by atoms with Crippen molar-refractivity contribution >= 4 is 33.6 Å².